The lowest BCUT2D eigenvalue weighted by Gasteiger charge is -2.71. The van der Waals surface area contributed by atoms with Crippen molar-refractivity contribution in [3.63, 3.8) is 0 Å². The molecule has 0 aromatic carbocycles. The fraction of sp³-hybridized carbons (Fsp3) is 0.917. The van der Waals surface area contributed by atoms with E-state index in [1.807, 2.05) is 0 Å². The molecule has 1 aliphatic heterocycles. The molecule has 0 aromatic rings. The first-order chi connectivity index (χ1) is 20.8. The van der Waals surface area contributed by atoms with Crippen LogP contribution in [0.1, 0.15) is 106 Å². The van der Waals surface area contributed by atoms with Gasteiger partial charge in [-0.1, -0.05) is 60.1 Å². The van der Waals surface area contributed by atoms with Crippen molar-refractivity contribution in [2.75, 3.05) is 6.61 Å². The minimum absolute atomic E-state index is 0.0497. The van der Waals surface area contributed by atoms with E-state index < -0.39 is 54.8 Å². The van der Waals surface area contributed by atoms with E-state index in [0.29, 0.717) is 37.5 Å². The van der Waals surface area contributed by atoms with Crippen molar-refractivity contribution in [3.05, 3.63) is 11.6 Å². The fourth-order valence-corrected chi connectivity index (χ4v) is 12.1. The lowest BCUT2D eigenvalue weighted by Crippen LogP contribution is -2.68. The van der Waals surface area contributed by atoms with Gasteiger partial charge < -0.3 is 40.1 Å². The molecule has 9 heteroatoms. The summed E-state index contributed by atoms with van der Waals surface area (Å²) in [6, 6.07) is 0. The Kier molecular flexibility index (Phi) is 8.05. The van der Waals surface area contributed by atoms with Gasteiger partial charge in [-0.05, 0) is 103 Å². The van der Waals surface area contributed by atoms with Crippen LogP contribution in [0.25, 0.3) is 0 Å². The summed E-state index contributed by atoms with van der Waals surface area (Å²) < 4.78 is 11.4. The summed E-state index contributed by atoms with van der Waals surface area (Å²) in [4.78, 5) is 14.4. The van der Waals surface area contributed by atoms with Gasteiger partial charge in [-0.25, -0.2) is 0 Å². The van der Waals surface area contributed by atoms with Gasteiger partial charge in [-0.2, -0.15) is 0 Å². The number of carbonyl (C=O) groups excluding carboxylic acids is 1. The monoisotopic (exact) mass is 634 g/mol. The Morgan fingerprint density at radius 2 is 1.53 bits per heavy atom. The van der Waals surface area contributed by atoms with Crippen LogP contribution < -0.4 is 0 Å². The Hall–Kier alpha value is -1.07. The maximum absolute atomic E-state index is 14.4. The van der Waals surface area contributed by atoms with Gasteiger partial charge in [0.1, 0.15) is 29.8 Å². The van der Waals surface area contributed by atoms with Crippen molar-refractivity contribution in [2.24, 2.45) is 50.2 Å². The van der Waals surface area contributed by atoms with Crippen molar-refractivity contribution in [1.29, 1.82) is 0 Å². The average Bonchev–Trinajstić information content (AvgIpc) is 2.95. The molecule has 256 valence electrons. The van der Waals surface area contributed by atoms with Gasteiger partial charge in [0.2, 0.25) is 6.29 Å². The van der Waals surface area contributed by atoms with Crippen molar-refractivity contribution < 1.29 is 44.9 Å². The number of ether oxygens (including phenoxy) is 2. The third-order valence-corrected chi connectivity index (χ3v) is 15.1. The van der Waals surface area contributed by atoms with Crippen LogP contribution in [0.15, 0.2) is 11.6 Å². The highest BCUT2D eigenvalue weighted by molar-refractivity contribution is 5.80. The van der Waals surface area contributed by atoms with E-state index in [1.165, 1.54) is 5.57 Å². The van der Waals surface area contributed by atoms with Crippen LogP contribution in [0.5, 0.6) is 0 Å². The predicted octanol–water partition coefficient (Wildman–Crippen LogP) is 3.46. The van der Waals surface area contributed by atoms with Crippen LogP contribution in [0.3, 0.4) is 0 Å². The van der Waals surface area contributed by atoms with Crippen molar-refractivity contribution in [1.82, 2.24) is 0 Å². The van der Waals surface area contributed by atoms with Crippen LogP contribution in [0, 0.1) is 50.2 Å². The zero-order valence-electron chi connectivity index (χ0n) is 28.3. The van der Waals surface area contributed by atoms with Crippen LogP contribution >= 0.6 is 0 Å². The molecule has 0 spiro atoms. The standard InChI is InChI=1S/C36H58O9/c1-31(2)14-15-36(30(43)45-29-28(42)27(41)26(40)21(18-37)44-29)20(16-31)19-8-9-23-33(5)12-11-24(38)32(3,4)22(33)10-13-34(23,6)35(19,7)17-25(36)39/h8,20-29,37-42H,9-18H2,1-7H3/t20-,21?,22-,23+,24-,25?,26+,27+,28?,29+,33-,34+,35+,36+/m0/s1. The Labute approximate surface area is 268 Å². The molecule has 6 aliphatic rings. The molecule has 14 atom stereocenters. The second-order valence-corrected chi connectivity index (χ2v) is 18.0. The summed E-state index contributed by atoms with van der Waals surface area (Å²) in [6.45, 7) is 15.5. The number of hydrogen-bond donors (Lipinski definition) is 6. The predicted molar refractivity (Wildman–Crippen MR) is 166 cm³/mol. The highest BCUT2D eigenvalue weighted by atomic mass is 16.7. The average molecular weight is 635 g/mol. The zero-order valence-corrected chi connectivity index (χ0v) is 28.3. The lowest BCUT2D eigenvalue weighted by atomic mass is 9.33. The molecule has 9 nitrogen and oxygen atoms in total. The largest absolute Gasteiger partial charge is 0.432 e. The molecule has 45 heavy (non-hydrogen) atoms. The summed E-state index contributed by atoms with van der Waals surface area (Å²) in [5.74, 6) is -0.157. The molecule has 5 fully saturated rings. The van der Waals surface area contributed by atoms with Gasteiger partial charge in [-0.3, -0.25) is 4.79 Å². The molecular formula is C36H58O9. The second kappa shape index (κ2) is 10.7. The van der Waals surface area contributed by atoms with E-state index in [9.17, 15) is 35.4 Å². The molecule has 5 aliphatic carbocycles. The third-order valence-electron chi connectivity index (χ3n) is 15.1. The summed E-state index contributed by atoms with van der Waals surface area (Å²) in [6.07, 6.45) is 0.341. The number of rotatable bonds is 3. The Bertz CT molecular complexity index is 1210. The normalized spacial score (nSPS) is 53.6. The van der Waals surface area contributed by atoms with E-state index >= 15 is 0 Å². The number of fused-ring (bicyclic) bond motifs is 7. The Morgan fingerprint density at radius 1 is 0.844 bits per heavy atom. The number of allylic oxidation sites excluding steroid dienone is 2. The molecule has 0 aromatic heterocycles. The first kappa shape index (κ1) is 33.8. The topological polar surface area (TPSA) is 157 Å². The maximum atomic E-state index is 14.4. The van der Waals surface area contributed by atoms with Gasteiger partial charge in [0.05, 0.1) is 18.8 Å². The van der Waals surface area contributed by atoms with E-state index in [0.717, 1.165) is 32.1 Å². The SMILES string of the molecule is CC1(C)CC[C@]2(C(=O)O[C@H]3OC(CO)[C@@H](O)[C@@H](O)C3O)C(O)C[C@]3(C)C(=CC[C@@H]4[C@@]5(C)CC[C@H](O)C(C)(C)[C@@H]5CC[C@]43C)[C@@H]2C1. The molecule has 0 amide bonds. The van der Waals surface area contributed by atoms with E-state index in [-0.39, 0.29) is 39.1 Å². The third kappa shape index (κ3) is 4.54. The number of carbonyl (C=O) groups is 1. The summed E-state index contributed by atoms with van der Waals surface area (Å²) in [5.41, 5.74) is -0.661. The summed E-state index contributed by atoms with van der Waals surface area (Å²) in [7, 11) is 0. The quantitative estimate of drug-likeness (QED) is 0.202. The van der Waals surface area contributed by atoms with Crippen LogP contribution in [-0.4, -0.2) is 86.1 Å². The van der Waals surface area contributed by atoms with Gasteiger partial charge in [0.15, 0.2) is 0 Å². The van der Waals surface area contributed by atoms with Gasteiger partial charge >= 0.3 is 5.97 Å². The molecule has 4 saturated carbocycles. The summed E-state index contributed by atoms with van der Waals surface area (Å²) in [5, 5.41) is 64.3. The zero-order chi connectivity index (χ0) is 33.1. The number of aliphatic hydroxyl groups is 6. The fourth-order valence-electron chi connectivity index (χ4n) is 12.1. The minimum Gasteiger partial charge on any atom is -0.432 e. The van der Waals surface area contributed by atoms with Crippen molar-refractivity contribution in [3.8, 4) is 0 Å². The Balaban J connectivity index is 1.38. The molecule has 1 heterocycles. The molecule has 1 saturated heterocycles. The smallest absolute Gasteiger partial charge is 0.317 e. The van der Waals surface area contributed by atoms with Crippen LogP contribution in [-0.2, 0) is 14.3 Å². The highest BCUT2D eigenvalue weighted by Gasteiger charge is 2.71. The van der Waals surface area contributed by atoms with Crippen molar-refractivity contribution >= 4 is 5.97 Å². The first-order valence-corrected chi connectivity index (χ1v) is 17.4. The second-order valence-electron chi connectivity index (χ2n) is 18.0. The van der Waals surface area contributed by atoms with E-state index in [4.69, 9.17) is 9.47 Å². The van der Waals surface area contributed by atoms with E-state index in [1.54, 1.807) is 0 Å². The molecule has 0 bridgehead atoms. The van der Waals surface area contributed by atoms with Crippen LogP contribution in [0.4, 0.5) is 0 Å². The van der Waals surface area contributed by atoms with E-state index in [2.05, 4.69) is 54.5 Å². The minimum atomic E-state index is -1.70. The molecule has 6 N–H and O–H groups in total. The maximum Gasteiger partial charge on any atom is 0.317 e. The highest BCUT2D eigenvalue weighted by Crippen LogP contribution is 2.75. The number of esters is 1. The summed E-state index contributed by atoms with van der Waals surface area (Å²) >= 11 is 0. The van der Waals surface area contributed by atoms with Gasteiger partial charge in [0.25, 0.3) is 0 Å². The van der Waals surface area contributed by atoms with Gasteiger partial charge in [-0.15, -0.1) is 0 Å². The van der Waals surface area contributed by atoms with Crippen molar-refractivity contribution in [2.45, 2.75) is 149 Å². The molecular weight excluding hydrogens is 576 g/mol. The number of aliphatic hydroxyl groups excluding tert-OH is 6. The number of hydrogen-bond acceptors (Lipinski definition) is 9. The Morgan fingerprint density at radius 3 is 2.20 bits per heavy atom. The van der Waals surface area contributed by atoms with Crippen LogP contribution in [0.2, 0.25) is 0 Å². The molecule has 3 unspecified atom stereocenters. The molecule has 6 rings (SSSR count). The van der Waals surface area contributed by atoms with Gasteiger partial charge in [0, 0.05) is 0 Å². The lowest BCUT2D eigenvalue weighted by molar-refractivity contribution is -0.299. The molecule has 0 radical (unpaired) electrons. The first-order valence-electron chi connectivity index (χ1n) is 17.4.